The van der Waals surface area contributed by atoms with Crippen molar-refractivity contribution in [2.45, 2.75) is 58.4 Å². The Morgan fingerprint density at radius 1 is 0.963 bits per heavy atom. The molecule has 27 heavy (non-hydrogen) atoms. The number of amides is 1. The van der Waals surface area contributed by atoms with Crippen molar-refractivity contribution in [3.63, 3.8) is 0 Å². The normalized spacial score (nSPS) is 20.3. The first-order chi connectivity index (χ1) is 13.2. The number of hydrogen-bond donors (Lipinski definition) is 1. The zero-order chi connectivity index (χ0) is 18.9. The summed E-state index contributed by atoms with van der Waals surface area (Å²) in [6, 6.07) is 8.80. The average Bonchev–Trinajstić information content (AvgIpc) is 2.96. The van der Waals surface area contributed by atoms with Gasteiger partial charge < -0.3 is 10.2 Å². The molecular formula is C23H37N3O. The van der Waals surface area contributed by atoms with E-state index in [0.717, 1.165) is 52.0 Å². The summed E-state index contributed by atoms with van der Waals surface area (Å²) in [5.74, 6) is 0.485. The molecule has 0 unspecified atom stereocenters. The van der Waals surface area contributed by atoms with Crippen LogP contribution in [0.1, 0.15) is 56.1 Å². The van der Waals surface area contributed by atoms with E-state index < -0.39 is 0 Å². The van der Waals surface area contributed by atoms with E-state index in [4.69, 9.17) is 0 Å². The molecule has 1 N–H and O–H groups in total. The summed E-state index contributed by atoms with van der Waals surface area (Å²) in [6.07, 6.45) is 8.51. The molecule has 0 aliphatic carbocycles. The summed E-state index contributed by atoms with van der Waals surface area (Å²) in [5.41, 5.74) is 2.68. The summed E-state index contributed by atoms with van der Waals surface area (Å²) in [7, 11) is 0. The molecule has 1 aromatic carbocycles. The highest BCUT2D eigenvalue weighted by atomic mass is 16.1. The standard InChI is InChI=1S/C23H37N3O/c1-20-7-9-21(10-8-20)19-26-17-11-22(12-18-26)23(27)24-13-6-16-25-14-4-2-3-5-15-25/h7-10,22H,2-6,11-19H2,1H3,(H,24,27). The Balaban J connectivity index is 1.29. The third kappa shape index (κ3) is 6.93. The van der Waals surface area contributed by atoms with Gasteiger partial charge in [0.1, 0.15) is 0 Å². The molecule has 0 radical (unpaired) electrons. The number of hydrogen-bond acceptors (Lipinski definition) is 3. The Hall–Kier alpha value is -1.39. The zero-order valence-electron chi connectivity index (χ0n) is 17.1. The molecule has 2 fully saturated rings. The number of piperidine rings is 1. The van der Waals surface area contributed by atoms with E-state index in [1.54, 1.807) is 0 Å². The number of carbonyl (C=O) groups excluding carboxylic acids is 1. The van der Waals surface area contributed by atoms with Crippen LogP contribution in [-0.2, 0) is 11.3 Å². The van der Waals surface area contributed by atoms with E-state index in [-0.39, 0.29) is 11.8 Å². The van der Waals surface area contributed by atoms with E-state index in [1.807, 2.05) is 0 Å². The van der Waals surface area contributed by atoms with Crippen LogP contribution < -0.4 is 5.32 Å². The van der Waals surface area contributed by atoms with Crippen LogP contribution in [0.15, 0.2) is 24.3 Å². The zero-order valence-corrected chi connectivity index (χ0v) is 17.1. The van der Waals surface area contributed by atoms with Gasteiger partial charge in [-0.25, -0.2) is 0 Å². The second kappa shape index (κ2) is 10.8. The summed E-state index contributed by atoms with van der Waals surface area (Å²) in [6.45, 7) is 9.64. The predicted octanol–water partition coefficient (Wildman–Crippen LogP) is 3.59. The van der Waals surface area contributed by atoms with Crippen molar-refractivity contribution in [3.8, 4) is 0 Å². The van der Waals surface area contributed by atoms with Gasteiger partial charge in [-0.1, -0.05) is 42.7 Å². The lowest BCUT2D eigenvalue weighted by atomic mass is 9.95. The Kier molecular flexibility index (Phi) is 8.15. The molecule has 2 aliphatic heterocycles. The van der Waals surface area contributed by atoms with Crippen molar-refractivity contribution in [1.29, 1.82) is 0 Å². The van der Waals surface area contributed by atoms with Crippen molar-refractivity contribution < 1.29 is 4.79 Å². The number of aryl methyl sites for hydroxylation is 1. The van der Waals surface area contributed by atoms with E-state index >= 15 is 0 Å². The average molecular weight is 372 g/mol. The maximum atomic E-state index is 12.5. The molecular weight excluding hydrogens is 334 g/mol. The molecule has 1 amide bonds. The molecule has 1 aromatic rings. The lowest BCUT2D eigenvalue weighted by molar-refractivity contribution is -0.126. The van der Waals surface area contributed by atoms with E-state index in [9.17, 15) is 4.79 Å². The van der Waals surface area contributed by atoms with Gasteiger partial charge in [0.15, 0.2) is 0 Å². The van der Waals surface area contributed by atoms with Gasteiger partial charge >= 0.3 is 0 Å². The van der Waals surface area contributed by atoms with Crippen molar-refractivity contribution in [2.75, 3.05) is 39.3 Å². The van der Waals surface area contributed by atoms with E-state index in [1.165, 1.54) is 49.9 Å². The second-order valence-corrected chi connectivity index (χ2v) is 8.44. The number of carbonyl (C=O) groups is 1. The molecule has 4 heteroatoms. The van der Waals surface area contributed by atoms with Crippen LogP contribution in [0.4, 0.5) is 0 Å². The van der Waals surface area contributed by atoms with Crippen LogP contribution in [0.5, 0.6) is 0 Å². The first-order valence-electron chi connectivity index (χ1n) is 11.0. The lowest BCUT2D eigenvalue weighted by Gasteiger charge is -2.31. The van der Waals surface area contributed by atoms with Crippen molar-refractivity contribution in [2.24, 2.45) is 5.92 Å². The minimum absolute atomic E-state index is 0.206. The highest BCUT2D eigenvalue weighted by Gasteiger charge is 2.24. The van der Waals surface area contributed by atoms with Crippen LogP contribution in [0.25, 0.3) is 0 Å². The van der Waals surface area contributed by atoms with Crippen LogP contribution >= 0.6 is 0 Å². The smallest absolute Gasteiger partial charge is 0.223 e. The van der Waals surface area contributed by atoms with Gasteiger partial charge in [0.25, 0.3) is 0 Å². The molecule has 0 saturated carbocycles. The molecule has 150 valence electrons. The first-order valence-corrected chi connectivity index (χ1v) is 11.0. The Morgan fingerprint density at radius 2 is 1.63 bits per heavy atom. The first kappa shape index (κ1) is 20.3. The highest BCUT2D eigenvalue weighted by Crippen LogP contribution is 2.19. The monoisotopic (exact) mass is 371 g/mol. The third-order valence-corrected chi connectivity index (χ3v) is 6.13. The number of nitrogens with one attached hydrogen (secondary N) is 1. The second-order valence-electron chi connectivity index (χ2n) is 8.44. The quantitative estimate of drug-likeness (QED) is 0.744. The minimum atomic E-state index is 0.206. The predicted molar refractivity (Wildman–Crippen MR) is 112 cm³/mol. The van der Waals surface area contributed by atoms with Gasteiger partial charge in [-0.15, -0.1) is 0 Å². The van der Waals surface area contributed by atoms with Gasteiger partial charge in [0.2, 0.25) is 5.91 Å². The maximum Gasteiger partial charge on any atom is 0.223 e. The fourth-order valence-corrected chi connectivity index (χ4v) is 4.32. The maximum absolute atomic E-state index is 12.5. The Bertz CT molecular complexity index is 555. The molecule has 2 aliphatic rings. The summed E-state index contributed by atoms with van der Waals surface area (Å²) >= 11 is 0. The van der Waals surface area contributed by atoms with Crippen LogP contribution in [0, 0.1) is 12.8 Å². The van der Waals surface area contributed by atoms with Gasteiger partial charge in [-0.2, -0.15) is 0 Å². The molecule has 0 atom stereocenters. The molecule has 0 bridgehead atoms. The van der Waals surface area contributed by atoms with E-state index in [0.29, 0.717) is 0 Å². The summed E-state index contributed by atoms with van der Waals surface area (Å²) in [4.78, 5) is 17.5. The largest absolute Gasteiger partial charge is 0.356 e. The van der Waals surface area contributed by atoms with Crippen molar-refractivity contribution in [1.82, 2.24) is 15.1 Å². The number of rotatable bonds is 7. The summed E-state index contributed by atoms with van der Waals surface area (Å²) < 4.78 is 0. The molecule has 2 heterocycles. The fourth-order valence-electron chi connectivity index (χ4n) is 4.32. The number of benzene rings is 1. The molecule has 0 spiro atoms. The van der Waals surface area contributed by atoms with Crippen molar-refractivity contribution in [3.05, 3.63) is 35.4 Å². The number of nitrogens with zero attached hydrogens (tertiary/aromatic N) is 2. The van der Waals surface area contributed by atoms with Gasteiger partial charge in [0.05, 0.1) is 0 Å². The summed E-state index contributed by atoms with van der Waals surface area (Å²) in [5, 5.41) is 3.19. The SMILES string of the molecule is Cc1ccc(CN2CCC(C(=O)NCCCN3CCCCCC3)CC2)cc1. The van der Waals surface area contributed by atoms with Crippen molar-refractivity contribution >= 4 is 5.91 Å². The number of likely N-dealkylation sites (tertiary alicyclic amines) is 2. The van der Waals surface area contributed by atoms with Gasteiger partial charge in [-0.05, 0) is 77.3 Å². The molecule has 0 aromatic heterocycles. The van der Waals surface area contributed by atoms with Crippen LogP contribution in [-0.4, -0.2) is 55.0 Å². The van der Waals surface area contributed by atoms with Crippen LogP contribution in [0.2, 0.25) is 0 Å². The lowest BCUT2D eigenvalue weighted by Crippen LogP contribution is -2.40. The Morgan fingerprint density at radius 3 is 2.30 bits per heavy atom. The van der Waals surface area contributed by atoms with E-state index in [2.05, 4.69) is 46.3 Å². The third-order valence-electron chi connectivity index (χ3n) is 6.13. The van der Waals surface area contributed by atoms with Crippen LogP contribution in [0.3, 0.4) is 0 Å². The minimum Gasteiger partial charge on any atom is -0.356 e. The molecule has 3 rings (SSSR count). The van der Waals surface area contributed by atoms with Gasteiger partial charge in [0, 0.05) is 19.0 Å². The molecule has 4 nitrogen and oxygen atoms in total. The highest BCUT2D eigenvalue weighted by molar-refractivity contribution is 5.78. The van der Waals surface area contributed by atoms with Gasteiger partial charge in [-0.3, -0.25) is 9.69 Å². The molecule has 2 saturated heterocycles. The topological polar surface area (TPSA) is 35.6 Å². The Labute approximate surface area is 165 Å². The fraction of sp³-hybridized carbons (Fsp3) is 0.696.